The summed E-state index contributed by atoms with van der Waals surface area (Å²) in [5.74, 6) is -1.16. The Hall–Kier alpha value is -3.81. The maximum Gasteiger partial charge on any atom is 0.259 e. The third-order valence-corrected chi connectivity index (χ3v) is 5.93. The molecule has 0 saturated carbocycles. The summed E-state index contributed by atoms with van der Waals surface area (Å²) in [5.41, 5.74) is 1.50. The van der Waals surface area contributed by atoms with Crippen LogP contribution in [0.2, 0.25) is 5.02 Å². The monoisotopic (exact) mass is 491 g/mol. The molecule has 0 unspecified atom stereocenters. The maximum absolute atomic E-state index is 13.6. The van der Waals surface area contributed by atoms with Crippen molar-refractivity contribution in [3.63, 3.8) is 0 Å². The summed E-state index contributed by atoms with van der Waals surface area (Å²) >= 11 is 6.28. The smallest absolute Gasteiger partial charge is 0.259 e. The van der Waals surface area contributed by atoms with Gasteiger partial charge in [0.15, 0.2) is 5.78 Å². The van der Waals surface area contributed by atoms with Crippen molar-refractivity contribution in [1.82, 2.24) is 9.78 Å². The lowest BCUT2D eigenvalue weighted by Gasteiger charge is -2.25. The third kappa shape index (κ3) is 5.01. The quantitative estimate of drug-likeness (QED) is 0.332. The number of amides is 1. The number of hydrogen-bond donors (Lipinski definition) is 2. The van der Waals surface area contributed by atoms with Gasteiger partial charge in [0.05, 0.1) is 34.6 Å². The van der Waals surface area contributed by atoms with Crippen molar-refractivity contribution < 1.29 is 19.1 Å². The number of aliphatic hydroxyl groups excluding tert-OH is 1. The first-order valence-electron chi connectivity index (χ1n) is 10.9. The number of hydrogen-bond acceptors (Lipinski definition) is 4. The average Bonchev–Trinajstić information content (AvgIpc) is 3.32. The number of halogens is 2. The summed E-state index contributed by atoms with van der Waals surface area (Å²) in [7, 11) is 0. The molecule has 3 aromatic carbocycles. The summed E-state index contributed by atoms with van der Waals surface area (Å²) < 4.78 is 15.1. The Labute approximate surface area is 207 Å². The minimum atomic E-state index is -0.822. The lowest BCUT2D eigenvalue weighted by molar-refractivity contribution is 0.102. The molecule has 0 fully saturated rings. The van der Waals surface area contributed by atoms with Gasteiger partial charge in [0.1, 0.15) is 5.82 Å². The standard InChI is InChI=1S/C27H23ClFN3O3/c1-27(2,16-33)32-24(17-8-10-19(29)11-9-17)22(15-30-32)26(35)31-20-12-13-23(28)21(14-20)25(34)18-6-4-3-5-7-18/h3-15,33H,16H2,1-2H3,(H,31,35). The molecule has 178 valence electrons. The van der Waals surface area contributed by atoms with E-state index in [0.29, 0.717) is 22.5 Å². The van der Waals surface area contributed by atoms with E-state index in [1.807, 2.05) is 6.07 Å². The number of ketones is 1. The van der Waals surface area contributed by atoms with Crippen LogP contribution in [0.3, 0.4) is 0 Å². The van der Waals surface area contributed by atoms with E-state index in [9.17, 15) is 19.1 Å². The van der Waals surface area contributed by atoms with E-state index in [1.54, 1.807) is 67.1 Å². The van der Waals surface area contributed by atoms with Gasteiger partial charge in [0.25, 0.3) is 5.91 Å². The molecule has 2 N–H and O–H groups in total. The van der Waals surface area contributed by atoms with Crippen LogP contribution in [0.5, 0.6) is 0 Å². The lowest BCUT2D eigenvalue weighted by atomic mass is 10.0. The Morgan fingerprint density at radius 2 is 1.71 bits per heavy atom. The summed E-state index contributed by atoms with van der Waals surface area (Å²) in [5, 5.41) is 17.3. The number of rotatable bonds is 7. The molecule has 8 heteroatoms. The van der Waals surface area contributed by atoms with Gasteiger partial charge in [-0.15, -0.1) is 0 Å². The highest BCUT2D eigenvalue weighted by molar-refractivity contribution is 6.35. The number of aromatic nitrogens is 2. The first-order valence-corrected chi connectivity index (χ1v) is 11.2. The highest BCUT2D eigenvalue weighted by Gasteiger charge is 2.28. The number of nitrogens with zero attached hydrogens (tertiary/aromatic N) is 2. The topological polar surface area (TPSA) is 84.2 Å². The van der Waals surface area contributed by atoms with Gasteiger partial charge < -0.3 is 10.4 Å². The molecule has 0 aliphatic carbocycles. The van der Waals surface area contributed by atoms with Crippen LogP contribution in [0.1, 0.15) is 40.1 Å². The summed E-state index contributed by atoms with van der Waals surface area (Å²) in [6.07, 6.45) is 1.40. The summed E-state index contributed by atoms with van der Waals surface area (Å²) in [6, 6.07) is 19.1. The number of aliphatic hydroxyl groups is 1. The van der Waals surface area contributed by atoms with Crippen molar-refractivity contribution in [2.24, 2.45) is 0 Å². The normalized spacial score (nSPS) is 11.3. The van der Waals surface area contributed by atoms with Gasteiger partial charge in [-0.25, -0.2) is 4.39 Å². The van der Waals surface area contributed by atoms with E-state index < -0.39 is 17.3 Å². The fraction of sp³-hybridized carbons (Fsp3) is 0.148. The van der Waals surface area contributed by atoms with Gasteiger partial charge in [-0.2, -0.15) is 5.10 Å². The number of carbonyl (C=O) groups is 2. The Kier molecular flexibility index (Phi) is 6.82. The zero-order chi connectivity index (χ0) is 25.2. The fourth-order valence-electron chi connectivity index (χ4n) is 3.65. The highest BCUT2D eigenvalue weighted by atomic mass is 35.5. The van der Waals surface area contributed by atoms with Gasteiger partial charge in [-0.1, -0.05) is 41.9 Å². The first-order chi connectivity index (χ1) is 16.7. The molecular weight excluding hydrogens is 469 g/mol. The van der Waals surface area contributed by atoms with Gasteiger partial charge >= 0.3 is 0 Å². The SMILES string of the molecule is CC(C)(CO)n1ncc(C(=O)Nc2ccc(Cl)c(C(=O)c3ccccc3)c2)c1-c1ccc(F)cc1. The second kappa shape index (κ2) is 9.82. The van der Waals surface area contributed by atoms with Crippen LogP contribution in [0.15, 0.2) is 79.0 Å². The Balaban J connectivity index is 1.71. The zero-order valence-corrected chi connectivity index (χ0v) is 19.9. The number of carbonyl (C=O) groups excluding carboxylic acids is 2. The molecular formula is C27H23ClFN3O3. The number of nitrogens with one attached hydrogen (secondary N) is 1. The van der Waals surface area contributed by atoms with Crippen molar-refractivity contribution in [3.05, 3.63) is 107 Å². The van der Waals surface area contributed by atoms with E-state index in [1.165, 1.54) is 24.4 Å². The molecule has 1 amide bonds. The molecule has 0 aliphatic rings. The van der Waals surface area contributed by atoms with Crippen molar-refractivity contribution in [1.29, 1.82) is 0 Å². The maximum atomic E-state index is 13.6. The lowest BCUT2D eigenvalue weighted by Crippen LogP contribution is -2.32. The Morgan fingerprint density at radius 3 is 2.37 bits per heavy atom. The van der Waals surface area contributed by atoms with E-state index in [0.717, 1.165) is 0 Å². The second-order valence-corrected chi connectivity index (χ2v) is 9.05. The molecule has 0 radical (unpaired) electrons. The molecule has 4 rings (SSSR count). The van der Waals surface area contributed by atoms with Crippen LogP contribution in [-0.4, -0.2) is 33.2 Å². The van der Waals surface area contributed by atoms with Gasteiger partial charge in [-0.05, 0) is 56.3 Å². The Morgan fingerprint density at radius 1 is 1.03 bits per heavy atom. The van der Waals surface area contributed by atoms with Gasteiger partial charge in [0, 0.05) is 22.4 Å². The van der Waals surface area contributed by atoms with Crippen LogP contribution >= 0.6 is 11.6 Å². The van der Waals surface area contributed by atoms with E-state index in [4.69, 9.17) is 11.6 Å². The molecule has 4 aromatic rings. The molecule has 0 saturated heterocycles. The predicted molar refractivity (Wildman–Crippen MR) is 133 cm³/mol. The average molecular weight is 492 g/mol. The first kappa shape index (κ1) is 24.3. The minimum Gasteiger partial charge on any atom is -0.394 e. The van der Waals surface area contributed by atoms with Crippen LogP contribution in [0.25, 0.3) is 11.3 Å². The molecule has 6 nitrogen and oxygen atoms in total. The molecule has 0 aliphatic heterocycles. The van der Waals surface area contributed by atoms with Gasteiger partial charge in [-0.3, -0.25) is 14.3 Å². The molecule has 1 heterocycles. The molecule has 0 spiro atoms. The van der Waals surface area contributed by atoms with Crippen molar-refractivity contribution in [3.8, 4) is 11.3 Å². The van der Waals surface area contributed by atoms with E-state index in [2.05, 4.69) is 10.4 Å². The van der Waals surface area contributed by atoms with Crippen molar-refractivity contribution >= 4 is 29.0 Å². The van der Waals surface area contributed by atoms with Crippen LogP contribution in [0.4, 0.5) is 10.1 Å². The predicted octanol–water partition coefficient (Wildman–Crippen LogP) is 5.55. The second-order valence-electron chi connectivity index (χ2n) is 8.64. The highest BCUT2D eigenvalue weighted by Crippen LogP contribution is 2.30. The largest absolute Gasteiger partial charge is 0.394 e. The Bertz CT molecular complexity index is 1380. The van der Waals surface area contributed by atoms with Crippen LogP contribution < -0.4 is 5.32 Å². The van der Waals surface area contributed by atoms with E-state index >= 15 is 0 Å². The van der Waals surface area contributed by atoms with Crippen LogP contribution in [0, 0.1) is 5.82 Å². The number of benzene rings is 3. The van der Waals surface area contributed by atoms with Crippen molar-refractivity contribution in [2.45, 2.75) is 19.4 Å². The third-order valence-electron chi connectivity index (χ3n) is 5.60. The van der Waals surface area contributed by atoms with Crippen LogP contribution in [-0.2, 0) is 5.54 Å². The molecule has 0 atom stereocenters. The molecule has 35 heavy (non-hydrogen) atoms. The van der Waals surface area contributed by atoms with Crippen molar-refractivity contribution in [2.75, 3.05) is 11.9 Å². The van der Waals surface area contributed by atoms with Gasteiger partial charge in [0.2, 0.25) is 0 Å². The molecule has 1 aromatic heterocycles. The number of anilines is 1. The van der Waals surface area contributed by atoms with E-state index in [-0.39, 0.29) is 28.5 Å². The summed E-state index contributed by atoms with van der Waals surface area (Å²) in [4.78, 5) is 26.2. The minimum absolute atomic E-state index is 0.226. The zero-order valence-electron chi connectivity index (χ0n) is 19.1. The summed E-state index contributed by atoms with van der Waals surface area (Å²) in [6.45, 7) is 3.32. The molecule has 0 bridgehead atoms. The fourth-order valence-corrected chi connectivity index (χ4v) is 3.85.